The van der Waals surface area contributed by atoms with E-state index >= 15 is 0 Å². The first kappa shape index (κ1) is 19.6. The minimum atomic E-state index is -0.459. The van der Waals surface area contributed by atoms with Crippen molar-refractivity contribution in [2.45, 2.75) is 25.3 Å². The predicted octanol–water partition coefficient (Wildman–Crippen LogP) is 3.80. The summed E-state index contributed by atoms with van der Waals surface area (Å²) in [7, 11) is 0. The predicted molar refractivity (Wildman–Crippen MR) is 120 cm³/mol. The number of primary amides is 1. The van der Waals surface area contributed by atoms with Gasteiger partial charge in [-0.2, -0.15) is 5.10 Å². The molecule has 1 fully saturated rings. The van der Waals surface area contributed by atoms with Crippen LogP contribution in [0.2, 0.25) is 0 Å². The van der Waals surface area contributed by atoms with Gasteiger partial charge in [0.25, 0.3) is 5.91 Å². The standard InChI is InChI=1S/C24H27N5O2/c25-23(30)21-22(17-6-8-19(9-7-17)31-18-4-2-1-3-5-18)28-29-20(12-15-27-24(21)29)16-10-13-26-14-11-16/h1-9,16,20,26-27H,10-15H2,(H2,25,30)/t20-/m1/s1. The minimum Gasteiger partial charge on any atom is -0.457 e. The van der Waals surface area contributed by atoms with Crippen molar-refractivity contribution < 1.29 is 9.53 Å². The van der Waals surface area contributed by atoms with E-state index in [4.69, 9.17) is 15.6 Å². The third-order valence-corrected chi connectivity index (χ3v) is 6.24. The Balaban J connectivity index is 1.47. The molecule has 2 aromatic carbocycles. The molecule has 1 atom stereocenters. The Morgan fingerprint density at radius 3 is 2.39 bits per heavy atom. The molecule has 0 unspecified atom stereocenters. The van der Waals surface area contributed by atoms with E-state index in [2.05, 4.69) is 10.6 Å². The van der Waals surface area contributed by atoms with Crippen LogP contribution in [0, 0.1) is 5.92 Å². The van der Waals surface area contributed by atoms with Gasteiger partial charge in [-0.25, -0.2) is 4.68 Å². The normalized spacial score (nSPS) is 18.8. The summed E-state index contributed by atoms with van der Waals surface area (Å²) in [5, 5.41) is 11.7. The Bertz CT molecular complexity index is 1060. The van der Waals surface area contributed by atoms with E-state index in [-0.39, 0.29) is 6.04 Å². The number of nitrogens with zero attached hydrogens (tertiary/aromatic N) is 2. The number of nitrogens with two attached hydrogens (primary N) is 1. The van der Waals surface area contributed by atoms with Gasteiger partial charge in [-0.05, 0) is 74.7 Å². The summed E-state index contributed by atoms with van der Waals surface area (Å²) in [6, 6.07) is 17.6. The second kappa shape index (κ2) is 8.43. The molecule has 0 bridgehead atoms. The van der Waals surface area contributed by atoms with Crippen molar-refractivity contribution in [2.24, 2.45) is 11.7 Å². The van der Waals surface area contributed by atoms with E-state index in [1.807, 2.05) is 59.3 Å². The second-order valence-electron chi connectivity index (χ2n) is 8.19. The Labute approximate surface area is 181 Å². The highest BCUT2D eigenvalue weighted by atomic mass is 16.5. The maximum atomic E-state index is 12.4. The van der Waals surface area contributed by atoms with Gasteiger partial charge >= 0.3 is 0 Å². The average molecular weight is 418 g/mol. The van der Waals surface area contributed by atoms with Crippen LogP contribution in [0.1, 0.15) is 35.7 Å². The van der Waals surface area contributed by atoms with Crippen LogP contribution in [-0.2, 0) is 0 Å². The molecule has 7 heteroatoms. The Hall–Kier alpha value is -3.32. The van der Waals surface area contributed by atoms with E-state index in [0.29, 0.717) is 17.2 Å². The SMILES string of the molecule is NC(=O)c1c(-c2ccc(Oc3ccccc3)cc2)nn2c1NCC[C@@H]2C1CCNCC1. The van der Waals surface area contributed by atoms with Gasteiger partial charge < -0.3 is 21.1 Å². The first-order valence-electron chi connectivity index (χ1n) is 10.9. The third-order valence-electron chi connectivity index (χ3n) is 6.24. The number of carbonyl (C=O) groups excluding carboxylic acids is 1. The van der Waals surface area contributed by atoms with Crippen molar-refractivity contribution in [2.75, 3.05) is 25.0 Å². The summed E-state index contributed by atoms with van der Waals surface area (Å²) in [6.45, 7) is 2.89. The summed E-state index contributed by atoms with van der Waals surface area (Å²) in [6.07, 6.45) is 3.24. The monoisotopic (exact) mass is 417 g/mol. The van der Waals surface area contributed by atoms with Crippen molar-refractivity contribution in [1.29, 1.82) is 0 Å². The van der Waals surface area contributed by atoms with Crippen LogP contribution in [0.5, 0.6) is 11.5 Å². The van der Waals surface area contributed by atoms with Crippen molar-refractivity contribution in [3.63, 3.8) is 0 Å². The Kier molecular flexibility index (Phi) is 5.34. The highest BCUT2D eigenvalue weighted by molar-refractivity contribution is 6.03. The number of amides is 1. The van der Waals surface area contributed by atoms with Gasteiger partial charge in [0.2, 0.25) is 0 Å². The summed E-state index contributed by atoms with van der Waals surface area (Å²) >= 11 is 0. The Morgan fingerprint density at radius 1 is 0.968 bits per heavy atom. The minimum absolute atomic E-state index is 0.283. The van der Waals surface area contributed by atoms with Crippen molar-refractivity contribution in [1.82, 2.24) is 15.1 Å². The number of rotatable bonds is 5. The molecule has 1 amide bonds. The van der Waals surface area contributed by atoms with Gasteiger partial charge in [-0.15, -0.1) is 0 Å². The number of piperidine rings is 1. The molecule has 0 aliphatic carbocycles. The smallest absolute Gasteiger partial charge is 0.254 e. The number of fused-ring (bicyclic) bond motifs is 1. The van der Waals surface area contributed by atoms with Crippen LogP contribution in [0.15, 0.2) is 54.6 Å². The number of benzene rings is 2. The Morgan fingerprint density at radius 2 is 1.68 bits per heavy atom. The molecule has 2 aliphatic heterocycles. The van der Waals surface area contributed by atoms with Crippen molar-refractivity contribution in [3.05, 3.63) is 60.2 Å². The molecule has 0 radical (unpaired) electrons. The highest BCUT2D eigenvalue weighted by Crippen LogP contribution is 2.39. The second-order valence-corrected chi connectivity index (χ2v) is 8.19. The fourth-order valence-corrected chi connectivity index (χ4v) is 4.71. The van der Waals surface area contributed by atoms with E-state index < -0.39 is 5.91 Å². The third kappa shape index (κ3) is 3.88. The number of carbonyl (C=O) groups is 1. The topological polar surface area (TPSA) is 94.2 Å². The van der Waals surface area contributed by atoms with Gasteiger partial charge in [0.1, 0.15) is 28.6 Å². The molecule has 1 aromatic heterocycles. The molecule has 0 saturated carbocycles. The van der Waals surface area contributed by atoms with E-state index in [0.717, 1.165) is 61.8 Å². The van der Waals surface area contributed by atoms with Crippen LogP contribution in [0.3, 0.4) is 0 Å². The number of hydrogen-bond donors (Lipinski definition) is 3. The van der Waals surface area contributed by atoms with E-state index in [1.165, 1.54) is 0 Å². The van der Waals surface area contributed by atoms with Crippen LogP contribution in [0.25, 0.3) is 11.3 Å². The molecule has 31 heavy (non-hydrogen) atoms. The molecule has 1 saturated heterocycles. The fraction of sp³-hybridized carbons (Fsp3) is 0.333. The molecule has 3 aromatic rings. The molecular formula is C24H27N5O2. The molecule has 2 aliphatic rings. The lowest BCUT2D eigenvalue weighted by Gasteiger charge is -2.34. The quantitative estimate of drug-likeness (QED) is 0.587. The van der Waals surface area contributed by atoms with Crippen LogP contribution in [0.4, 0.5) is 5.82 Å². The first-order valence-corrected chi connectivity index (χ1v) is 10.9. The summed E-state index contributed by atoms with van der Waals surface area (Å²) in [5.74, 6) is 2.35. The van der Waals surface area contributed by atoms with Gasteiger partial charge in [0, 0.05) is 12.1 Å². The zero-order chi connectivity index (χ0) is 21.2. The van der Waals surface area contributed by atoms with Gasteiger partial charge in [0.15, 0.2) is 0 Å². The van der Waals surface area contributed by atoms with E-state index in [9.17, 15) is 4.79 Å². The molecule has 7 nitrogen and oxygen atoms in total. The number of hydrogen-bond acceptors (Lipinski definition) is 5. The van der Waals surface area contributed by atoms with Gasteiger partial charge in [-0.3, -0.25) is 4.79 Å². The lowest BCUT2D eigenvalue weighted by Crippen LogP contribution is -2.36. The summed E-state index contributed by atoms with van der Waals surface area (Å²) in [4.78, 5) is 12.4. The maximum Gasteiger partial charge on any atom is 0.254 e. The largest absolute Gasteiger partial charge is 0.457 e. The van der Waals surface area contributed by atoms with E-state index in [1.54, 1.807) is 0 Å². The molecule has 0 spiro atoms. The number of para-hydroxylation sites is 1. The lowest BCUT2D eigenvalue weighted by atomic mass is 9.87. The number of anilines is 1. The van der Waals surface area contributed by atoms with Crippen molar-refractivity contribution >= 4 is 11.7 Å². The zero-order valence-electron chi connectivity index (χ0n) is 17.4. The summed E-state index contributed by atoms with van der Waals surface area (Å²) in [5.41, 5.74) is 7.75. The average Bonchev–Trinajstić information content (AvgIpc) is 3.21. The molecule has 4 N–H and O–H groups in total. The summed E-state index contributed by atoms with van der Waals surface area (Å²) < 4.78 is 7.91. The molecule has 160 valence electrons. The fourth-order valence-electron chi connectivity index (χ4n) is 4.71. The van der Waals surface area contributed by atoms with Gasteiger partial charge in [-0.1, -0.05) is 18.2 Å². The van der Waals surface area contributed by atoms with Crippen LogP contribution >= 0.6 is 0 Å². The molecule has 5 rings (SSSR count). The van der Waals surface area contributed by atoms with Crippen molar-refractivity contribution in [3.8, 4) is 22.8 Å². The highest BCUT2D eigenvalue weighted by Gasteiger charge is 2.34. The first-order chi connectivity index (χ1) is 15.2. The van der Waals surface area contributed by atoms with Gasteiger partial charge in [0.05, 0.1) is 6.04 Å². The zero-order valence-corrected chi connectivity index (χ0v) is 17.4. The van der Waals surface area contributed by atoms with Crippen LogP contribution < -0.4 is 21.1 Å². The van der Waals surface area contributed by atoms with Crippen LogP contribution in [-0.4, -0.2) is 35.3 Å². The molecular weight excluding hydrogens is 390 g/mol. The number of nitrogens with one attached hydrogen (secondary N) is 2. The maximum absolute atomic E-state index is 12.4. The number of aromatic nitrogens is 2. The number of ether oxygens (including phenoxy) is 1. The lowest BCUT2D eigenvalue weighted by molar-refractivity contribution is 0.100. The molecule has 3 heterocycles.